The zero-order chi connectivity index (χ0) is 8.69. The summed E-state index contributed by atoms with van der Waals surface area (Å²) < 4.78 is 4.32. The molecule has 1 amide bonds. The minimum atomic E-state index is -0.495. The predicted octanol–water partition coefficient (Wildman–Crippen LogP) is 0.567. The maximum absolute atomic E-state index is 10.5. The molecule has 0 aromatic carbocycles. The zero-order valence-corrected chi connectivity index (χ0v) is 6.79. The van der Waals surface area contributed by atoms with Crippen molar-refractivity contribution in [2.75, 3.05) is 13.7 Å². The van der Waals surface area contributed by atoms with E-state index in [1.807, 2.05) is 6.92 Å². The first-order chi connectivity index (χ1) is 5.24. The molecule has 0 heterocycles. The van der Waals surface area contributed by atoms with Crippen molar-refractivity contribution < 1.29 is 14.3 Å². The van der Waals surface area contributed by atoms with Gasteiger partial charge in [0, 0.05) is 12.5 Å². The van der Waals surface area contributed by atoms with Crippen LogP contribution in [0, 0.1) is 5.92 Å². The third-order valence-corrected chi connectivity index (χ3v) is 1.41. The van der Waals surface area contributed by atoms with Gasteiger partial charge in [0.2, 0.25) is 0 Å². The Morgan fingerprint density at radius 2 is 2.36 bits per heavy atom. The number of amides is 1. The first-order valence-electron chi connectivity index (χ1n) is 3.51. The highest BCUT2D eigenvalue weighted by atomic mass is 16.5. The molecule has 0 aliphatic heterocycles. The number of hydrogen-bond acceptors (Lipinski definition) is 3. The Kier molecular flexibility index (Phi) is 5.15. The fourth-order valence-corrected chi connectivity index (χ4v) is 0.575. The van der Waals surface area contributed by atoms with Crippen molar-refractivity contribution in [1.82, 2.24) is 5.32 Å². The molecule has 4 nitrogen and oxygen atoms in total. The van der Waals surface area contributed by atoms with Gasteiger partial charge in [0.05, 0.1) is 7.11 Å². The average molecular weight is 159 g/mol. The summed E-state index contributed by atoms with van der Waals surface area (Å²) in [7, 11) is 1.29. The smallest absolute Gasteiger partial charge is 0.406 e. The van der Waals surface area contributed by atoms with Crippen molar-refractivity contribution in [1.29, 1.82) is 0 Å². The van der Waals surface area contributed by atoms with Crippen molar-refractivity contribution >= 4 is 12.4 Å². The van der Waals surface area contributed by atoms with Gasteiger partial charge >= 0.3 is 6.09 Å². The van der Waals surface area contributed by atoms with Crippen molar-refractivity contribution in [3.05, 3.63) is 0 Å². The normalized spacial score (nSPS) is 11.8. The molecular weight excluding hydrogens is 146 g/mol. The van der Waals surface area contributed by atoms with Crippen LogP contribution in [0.2, 0.25) is 0 Å². The summed E-state index contributed by atoms with van der Waals surface area (Å²) in [5.74, 6) is -0.103. The van der Waals surface area contributed by atoms with Gasteiger partial charge in [-0.15, -0.1) is 0 Å². The van der Waals surface area contributed by atoms with Gasteiger partial charge in [-0.25, -0.2) is 4.79 Å². The Balaban J connectivity index is 3.50. The number of nitrogens with one attached hydrogen (secondary N) is 1. The molecule has 11 heavy (non-hydrogen) atoms. The Morgan fingerprint density at radius 3 is 2.73 bits per heavy atom. The lowest BCUT2D eigenvalue weighted by atomic mass is 10.1. The molecule has 0 bridgehead atoms. The van der Waals surface area contributed by atoms with Crippen LogP contribution in [0.5, 0.6) is 0 Å². The molecule has 0 rings (SSSR count). The number of carbonyl (C=O) groups excluding carboxylic acids is 2. The van der Waals surface area contributed by atoms with Gasteiger partial charge in [0.25, 0.3) is 0 Å². The molecule has 1 N–H and O–H groups in total. The van der Waals surface area contributed by atoms with E-state index in [4.69, 9.17) is 0 Å². The van der Waals surface area contributed by atoms with Crippen LogP contribution >= 0.6 is 0 Å². The van der Waals surface area contributed by atoms with Crippen LogP contribution in [0.1, 0.15) is 13.3 Å². The third kappa shape index (κ3) is 4.36. The summed E-state index contributed by atoms with van der Waals surface area (Å²) >= 11 is 0. The molecule has 64 valence electrons. The molecule has 1 atom stereocenters. The van der Waals surface area contributed by atoms with Crippen molar-refractivity contribution in [2.45, 2.75) is 13.3 Å². The predicted molar refractivity (Wildman–Crippen MR) is 40.3 cm³/mol. The number of rotatable bonds is 4. The summed E-state index contributed by atoms with van der Waals surface area (Å²) in [6.45, 7) is 2.24. The van der Waals surface area contributed by atoms with Gasteiger partial charge in [-0.05, 0) is 6.42 Å². The molecule has 0 fully saturated rings. The highest BCUT2D eigenvalue weighted by Gasteiger charge is 2.05. The lowest BCUT2D eigenvalue weighted by Gasteiger charge is -2.07. The van der Waals surface area contributed by atoms with Crippen molar-refractivity contribution in [3.63, 3.8) is 0 Å². The van der Waals surface area contributed by atoms with Gasteiger partial charge < -0.3 is 14.8 Å². The second-order valence-corrected chi connectivity index (χ2v) is 2.18. The lowest BCUT2D eigenvalue weighted by Crippen LogP contribution is -2.29. The minimum absolute atomic E-state index is 0.103. The van der Waals surface area contributed by atoms with E-state index < -0.39 is 6.09 Å². The molecule has 0 aliphatic carbocycles. The number of methoxy groups -OCH3 is 1. The van der Waals surface area contributed by atoms with E-state index in [1.54, 1.807) is 0 Å². The quantitative estimate of drug-likeness (QED) is 0.610. The Bertz CT molecular complexity index is 136. The summed E-state index contributed by atoms with van der Waals surface area (Å²) in [6, 6.07) is 0. The van der Waals surface area contributed by atoms with Crippen molar-refractivity contribution in [3.8, 4) is 0 Å². The maximum atomic E-state index is 10.5. The van der Waals surface area contributed by atoms with Gasteiger partial charge in [-0.2, -0.15) is 0 Å². The van der Waals surface area contributed by atoms with Crippen LogP contribution in [0.3, 0.4) is 0 Å². The molecule has 1 unspecified atom stereocenters. The van der Waals surface area contributed by atoms with Crippen LogP contribution < -0.4 is 5.32 Å². The Hall–Kier alpha value is -1.06. The topological polar surface area (TPSA) is 55.4 Å². The van der Waals surface area contributed by atoms with Crippen LogP contribution in [-0.2, 0) is 9.53 Å². The van der Waals surface area contributed by atoms with E-state index in [0.717, 1.165) is 12.7 Å². The number of alkyl carbamates (subject to hydrolysis) is 1. The summed E-state index contributed by atoms with van der Waals surface area (Å²) in [6.07, 6.45) is 1.06. The molecule has 0 aromatic rings. The number of hydrogen-bond donors (Lipinski definition) is 1. The van der Waals surface area contributed by atoms with Gasteiger partial charge in [0.15, 0.2) is 0 Å². The van der Waals surface area contributed by atoms with E-state index in [1.165, 1.54) is 7.11 Å². The first-order valence-corrected chi connectivity index (χ1v) is 3.51. The van der Waals surface area contributed by atoms with Crippen LogP contribution in [0.4, 0.5) is 4.79 Å². The fraction of sp³-hybridized carbons (Fsp3) is 0.714. The molecular formula is C7H13NO3. The highest BCUT2D eigenvalue weighted by molar-refractivity contribution is 5.67. The monoisotopic (exact) mass is 159 g/mol. The van der Waals surface area contributed by atoms with Crippen LogP contribution in [-0.4, -0.2) is 26.0 Å². The first kappa shape index (κ1) is 9.94. The minimum Gasteiger partial charge on any atom is -0.453 e. The highest BCUT2D eigenvalue weighted by Crippen LogP contribution is 1.94. The Morgan fingerprint density at radius 1 is 1.73 bits per heavy atom. The third-order valence-electron chi connectivity index (χ3n) is 1.41. The molecule has 4 heteroatoms. The van der Waals surface area contributed by atoms with Gasteiger partial charge in [0.1, 0.15) is 6.29 Å². The molecule has 0 saturated heterocycles. The van der Waals surface area contributed by atoms with Crippen LogP contribution in [0.25, 0.3) is 0 Å². The van der Waals surface area contributed by atoms with E-state index in [2.05, 4.69) is 10.1 Å². The molecule has 0 aromatic heterocycles. The number of ether oxygens (including phenoxy) is 1. The molecule has 0 spiro atoms. The molecule has 0 radical (unpaired) electrons. The number of aldehydes is 1. The van der Waals surface area contributed by atoms with E-state index in [0.29, 0.717) is 6.54 Å². The van der Waals surface area contributed by atoms with Crippen molar-refractivity contribution in [2.24, 2.45) is 5.92 Å². The number of carbonyl (C=O) groups is 2. The average Bonchev–Trinajstić information content (AvgIpc) is 2.06. The lowest BCUT2D eigenvalue weighted by molar-refractivity contribution is -0.111. The summed E-state index contributed by atoms with van der Waals surface area (Å²) in [5, 5.41) is 2.44. The largest absolute Gasteiger partial charge is 0.453 e. The second-order valence-electron chi connectivity index (χ2n) is 2.18. The summed E-state index contributed by atoms with van der Waals surface area (Å²) in [4.78, 5) is 20.7. The van der Waals surface area contributed by atoms with Crippen LogP contribution in [0.15, 0.2) is 0 Å². The summed E-state index contributed by atoms with van der Waals surface area (Å²) in [5.41, 5.74) is 0. The van der Waals surface area contributed by atoms with E-state index >= 15 is 0 Å². The fourth-order valence-electron chi connectivity index (χ4n) is 0.575. The van der Waals surface area contributed by atoms with E-state index in [9.17, 15) is 9.59 Å². The zero-order valence-electron chi connectivity index (χ0n) is 6.79. The van der Waals surface area contributed by atoms with Gasteiger partial charge in [-0.3, -0.25) is 0 Å². The van der Waals surface area contributed by atoms with Gasteiger partial charge in [-0.1, -0.05) is 6.92 Å². The SMILES string of the molecule is CCC(C=O)CNC(=O)OC. The maximum Gasteiger partial charge on any atom is 0.406 e. The molecule has 0 aliphatic rings. The Labute approximate surface area is 65.9 Å². The second kappa shape index (κ2) is 5.70. The van der Waals surface area contributed by atoms with E-state index in [-0.39, 0.29) is 5.92 Å². The molecule has 0 saturated carbocycles. The standard InChI is InChI=1S/C7H13NO3/c1-3-6(5-9)4-8-7(10)11-2/h5-6H,3-4H2,1-2H3,(H,8,10).